The molecular weight excluding hydrogens is 250 g/mol. The van der Waals surface area contributed by atoms with E-state index in [1.165, 1.54) is 4.31 Å². The number of nitrogens with zero attached hydrogens (tertiary/aromatic N) is 1. The molecule has 0 saturated heterocycles. The Labute approximate surface area is 109 Å². The van der Waals surface area contributed by atoms with E-state index in [9.17, 15) is 8.42 Å². The van der Waals surface area contributed by atoms with Crippen molar-refractivity contribution in [1.82, 2.24) is 4.31 Å². The summed E-state index contributed by atoms with van der Waals surface area (Å²) in [5.41, 5.74) is 0.970. The molecule has 0 amide bonds. The quantitative estimate of drug-likeness (QED) is 0.792. The molecule has 0 bridgehead atoms. The third kappa shape index (κ3) is 3.46. The Balaban J connectivity index is 1.98. The number of hydrogen-bond acceptors (Lipinski definition) is 3. The van der Waals surface area contributed by atoms with Crippen LogP contribution in [0, 0.1) is 5.92 Å². The molecule has 0 radical (unpaired) electrons. The Morgan fingerprint density at radius 3 is 2.39 bits per heavy atom. The fraction of sp³-hybridized carbons (Fsp3) is 0.538. The first-order valence-corrected chi connectivity index (χ1v) is 7.69. The third-order valence-corrected chi connectivity index (χ3v) is 5.15. The van der Waals surface area contributed by atoms with Crippen LogP contribution in [0.5, 0.6) is 5.75 Å². The van der Waals surface area contributed by atoms with Crippen LogP contribution < -0.4 is 4.74 Å². The summed E-state index contributed by atoms with van der Waals surface area (Å²) in [6.07, 6.45) is 2.10. The van der Waals surface area contributed by atoms with Gasteiger partial charge in [0.25, 0.3) is 0 Å². The second-order valence-electron chi connectivity index (χ2n) is 4.83. The summed E-state index contributed by atoms with van der Waals surface area (Å²) < 4.78 is 30.5. The van der Waals surface area contributed by atoms with Crippen molar-refractivity contribution >= 4 is 10.0 Å². The lowest BCUT2D eigenvalue weighted by Gasteiger charge is -2.17. The maximum absolute atomic E-state index is 12.0. The van der Waals surface area contributed by atoms with Crippen molar-refractivity contribution in [1.29, 1.82) is 0 Å². The van der Waals surface area contributed by atoms with E-state index >= 15 is 0 Å². The molecule has 0 N–H and O–H groups in total. The zero-order chi connectivity index (χ0) is 13.2. The number of rotatable bonds is 6. The Morgan fingerprint density at radius 1 is 1.28 bits per heavy atom. The van der Waals surface area contributed by atoms with Crippen LogP contribution in [0.25, 0.3) is 0 Å². The van der Waals surface area contributed by atoms with Gasteiger partial charge >= 0.3 is 0 Å². The predicted molar refractivity (Wildman–Crippen MR) is 71.0 cm³/mol. The van der Waals surface area contributed by atoms with E-state index in [2.05, 4.69) is 0 Å². The maximum Gasteiger partial charge on any atom is 0.214 e. The molecule has 100 valence electrons. The number of methoxy groups -OCH3 is 1. The monoisotopic (exact) mass is 269 g/mol. The third-order valence-electron chi connectivity index (χ3n) is 3.18. The van der Waals surface area contributed by atoms with E-state index in [1.807, 2.05) is 24.3 Å². The van der Waals surface area contributed by atoms with Crippen molar-refractivity contribution in [2.24, 2.45) is 5.92 Å². The summed E-state index contributed by atoms with van der Waals surface area (Å²) in [6.45, 7) is 0.416. The van der Waals surface area contributed by atoms with Crippen LogP contribution in [-0.4, -0.2) is 32.6 Å². The molecule has 1 aliphatic carbocycles. The fourth-order valence-electron chi connectivity index (χ4n) is 1.80. The van der Waals surface area contributed by atoms with E-state index in [0.29, 0.717) is 18.2 Å². The molecule has 1 aliphatic rings. The highest BCUT2D eigenvalue weighted by molar-refractivity contribution is 7.89. The predicted octanol–water partition coefficient (Wildman–Crippen LogP) is 1.87. The summed E-state index contributed by atoms with van der Waals surface area (Å²) in [6, 6.07) is 7.47. The van der Waals surface area contributed by atoms with Gasteiger partial charge in [0.2, 0.25) is 10.0 Å². The normalized spacial score (nSPS) is 15.9. The standard InChI is InChI=1S/C13H19NO3S/c1-14(18(15,16)10-12-3-4-12)9-11-5-7-13(17-2)8-6-11/h5-8,12H,3-4,9-10H2,1-2H3. The first kappa shape index (κ1) is 13.4. The van der Waals surface area contributed by atoms with Gasteiger partial charge in [-0.1, -0.05) is 12.1 Å². The van der Waals surface area contributed by atoms with Crippen molar-refractivity contribution in [2.75, 3.05) is 19.9 Å². The van der Waals surface area contributed by atoms with Gasteiger partial charge in [-0.15, -0.1) is 0 Å². The molecule has 0 aliphatic heterocycles. The Kier molecular flexibility index (Phi) is 3.92. The lowest BCUT2D eigenvalue weighted by Crippen LogP contribution is -2.29. The van der Waals surface area contributed by atoms with Gasteiger partial charge in [0, 0.05) is 13.6 Å². The zero-order valence-corrected chi connectivity index (χ0v) is 11.6. The van der Waals surface area contributed by atoms with Crippen LogP contribution in [0.15, 0.2) is 24.3 Å². The molecule has 4 nitrogen and oxygen atoms in total. The van der Waals surface area contributed by atoms with Crippen LogP contribution >= 0.6 is 0 Å². The Hall–Kier alpha value is -1.07. The summed E-state index contributed by atoms with van der Waals surface area (Å²) in [5, 5.41) is 0. The SMILES string of the molecule is COc1ccc(CN(C)S(=O)(=O)CC2CC2)cc1. The molecule has 0 spiro atoms. The minimum absolute atomic E-state index is 0.291. The largest absolute Gasteiger partial charge is 0.497 e. The molecule has 0 atom stereocenters. The van der Waals surface area contributed by atoms with Crippen LogP contribution in [0.3, 0.4) is 0 Å². The second kappa shape index (κ2) is 5.28. The molecule has 2 rings (SSSR count). The molecule has 18 heavy (non-hydrogen) atoms. The maximum atomic E-state index is 12.0. The summed E-state index contributed by atoms with van der Waals surface area (Å²) in [7, 11) is 0.144. The smallest absolute Gasteiger partial charge is 0.214 e. The zero-order valence-electron chi connectivity index (χ0n) is 10.8. The van der Waals surface area contributed by atoms with Gasteiger partial charge in [0.1, 0.15) is 5.75 Å². The van der Waals surface area contributed by atoms with Crippen molar-refractivity contribution in [3.63, 3.8) is 0 Å². The minimum atomic E-state index is -3.11. The summed E-state index contributed by atoms with van der Waals surface area (Å²) in [4.78, 5) is 0. The number of sulfonamides is 1. The molecule has 0 aromatic heterocycles. The van der Waals surface area contributed by atoms with Gasteiger partial charge < -0.3 is 4.74 Å². The molecular formula is C13H19NO3S. The molecule has 1 saturated carbocycles. The molecule has 0 unspecified atom stereocenters. The van der Waals surface area contributed by atoms with Gasteiger partial charge in [-0.3, -0.25) is 0 Å². The van der Waals surface area contributed by atoms with Crippen molar-refractivity contribution < 1.29 is 13.2 Å². The highest BCUT2D eigenvalue weighted by Crippen LogP contribution is 2.31. The highest BCUT2D eigenvalue weighted by atomic mass is 32.2. The number of ether oxygens (including phenoxy) is 1. The molecule has 1 aromatic rings. The van der Waals surface area contributed by atoms with E-state index in [-0.39, 0.29) is 0 Å². The average molecular weight is 269 g/mol. The molecule has 5 heteroatoms. The average Bonchev–Trinajstić information content (AvgIpc) is 3.13. The van der Waals surface area contributed by atoms with Crippen LogP contribution in [0.1, 0.15) is 18.4 Å². The fourth-order valence-corrected chi connectivity index (χ4v) is 3.33. The number of hydrogen-bond donors (Lipinski definition) is 0. The van der Waals surface area contributed by atoms with Crippen molar-refractivity contribution in [2.45, 2.75) is 19.4 Å². The van der Waals surface area contributed by atoms with Gasteiger partial charge in [-0.05, 0) is 36.5 Å². The highest BCUT2D eigenvalue weighted by Gasteiger charge is 2.30. The molecule has 1 aromatic carbocycles. The minimum Gasteiger partial charge on any atom is -0.497 e. The van der Waals surface area contributed by atoms with Crippen molar-refractivity contribution in [3.05, 3.63) is 29.8 Å². The van der Waals surface area contributed by atoms with Crippen molar-refractivity contribution in [3.8, 4) is 5.75 Å². The van der Waals surface area contributed by atoms with Crippen LogP contribution in [-0.2, 0) is 16.6 Å². The van der Waals surface area contributed by atoms with E-state index < -0.39 is 10.0 Å². The summed E-state index contributed by atoms with van der Waals surface area (Å²) in [5.74, 6) is 1.45. The van der Waals surface area contributed by atoms with Gasteiger partial charge in [0.15, 0.2) is 0 Å². The van der Waals surface area contributed by atoms with Crippen LogP contribution in [0.2, 0.25) is 0 Å². The van der Waals surface area contributed by atoms with Gasteiger partial charge in [-0.2, -0.15) is 0 Å². The summed E-state index contributed by atoms with van der Waals surface area (Å²) >= 11 is 0. The first-order chi connectivity index (χ1) is 8.51. The molecule has 1 fully saturated rings. The first-order valence-electron chi connectivity index (χ1n) is 6.08. The Morgan fingerprint density at radius 2 is 1.89 bits per heavy atom. The van der Waals surface area contributed by atoms with Crippen LogP contribution in [0.4, 0.5) is 0 Å². The van der Waals surface area contributed by atoms with E-state index in [0.717, 1.165) is 24.2 Å². The van der Waals surface area contributed by atoms with E-state index in [1.54, 1.807) is 14.2 Å². The second-order valence-corrected chi connectivity index (χ2v) is 6.95. The molecule has 0 heterocycles. The van der Waals surface area contributed by atoms with Gasteiger partial charge in [-0.25, -0.2) is 12.7 Å². The lowest BCUT2D eigenvalue weighted by molar-refractivity contribution is 0.414. The number of benzene rings is 1. The Bertz CT molecular complexity index is 491. The lowest BCUT2D eigenvalue weighted by atomic mass is 10.2. The van der Waals surface area contributed by atoms with Gasteiger partial charge in [0.05, 0.1) is 12.9 Å². The topological polar surface area (TPSA) is 46.6 Å². The van der Waals surface area contributed by atoms with E-state index in [4.69, 9.17) is 4.74 Å².